The maximum atomic E-state index is 3.39. The van der Waals surface area contributed by atoms with Gasteiger partial charge in [0.2, 0.25) is 0 Å². The molecule has 3 aliphatic rings. The van der Waals surface area contributed by atoms with Crippen LogP contribution in [0.5, 0.6) is 0 Å². The summed E-state index contributed by atoms with van der Waals surface area (Å²) in [4.78, 5) is 0. The van der Waals surface area contributed by atoms with Gasteiger partial charge in [-0.1, -0.05) is 148 Å². The van der Waals surface area contributed by atoms with Crippen molar-refractivity contribution in [2.75, 3.05) is 6.54 Å². The van der Waals surface area contributed by atoms with E-state index in [9.17, 15) is 0 Å². The van der Waals surface area contributed by atoms with E-state index in [1.54, 1.807) is 0 Å². The summed E-state index contributed by atoms with van der Waals surface area (Å²) < 4.78 is 0. The number of rotatable bonds is 5. The van der Waals surface area contributed by atoms with E-state index in [0.717, 1.165) is 6.54 Å². The predicted molar refractivity (Wildman–Crippen MR) is 219 cm³/mol. The lowest BCUT2D eigenvalue weighted by Gasteiger charge is -2.20. The second-order valence-electron chi connectivity index (χ2n) is 12.4. The molecule has 0 saturated heterocycles. The summed E-state index contributed by atoms with van der Waals surface area (Å²) in [5.41, 5.74) is 11.5. The topological polar surface area (TPSA) is 12.0 Å². The molecule has 0 spiro atoms. The predicted octanol–water partition coefficient (Wildman–Crippen LogP) is 13.5. The second-order valence-corrected chi connectivity index (χ2v) is 12.4. The number of hydrogen-bond donors (Lipinski definition) is 1. The van der Waals surface area contributed by atoms with Crippen LogP contribution in [0.15, 0.2) is 151 Å². The molecule has 1 N–H and O–H groups in total. The number of allylic oxidation sites excluding steroid dienone is 15. The van der Waals surface area contributed by atoms with E-state index in [-0.39, 0.29) is 0 Å². The van der Waals surface area contributed by atoms with Crippen molar-refractivity contribution in [1.82, 2.24) is 5.32 Å². The van der Waals surface area contributed by atoms with Crippen LogP contribution in [0.2, 0.25) is 0 Å². The van der Waals surface area contributed by atoms with Crippen molar-refractivity contribution in [2.45, 2.75) is 54.4 Å². The summed E-state index contributed by atoms with van der Waals surface area (Å²) >= 11 is 0. The first-order valence-corrected chi connectivity index (χ1v) is 18.0. The molecule has 248 valence electrons. The van der Waals surface area contributed by atoms with Gasteiger partial charge in [-0.25, -0.2) is 0 Å². The van der Waals surface area contributed by atoms with E-state index in [0.29, 0.717) is 5.92 Å². The molecule has 4 aromatic rings. The summed E-state index contributed by atoms with van der Waals surface area (Å²) in [6.45, 7) is 13.5. The van der Waals surface area contributed by atoms with Gasteiger partial charge < -0.3 is 5.32 Å². The number of nitrogens with one attached hydrogen (secondary N) is 1. The van der Waals surface area contributed by atoms with Crippen LogP contribution in [0.3, 0.4) is 0 Å². The number of dihydropyridines is 1. The van der Waals surface area contributed by atoms with Crippen molar-refractivity contribution in [3.05, 3.63) is 174 Å². The Kier molecular flexibility index (Phi) is 12.4. The minimum absolute atomic E-state index is 0.357. The van der Waals surface area contributed by atoms with Gasteiger partial charge in [-0.3, -0.25) is 0 Å². The van der Waals surface area contributed by atoms with Crippen LogP contribution in [0.25, 0.3) is 49.9 Å². The molecule has 0 fully saturated rings. The largest absolute Gasteiger partial charge is 0.387 e. The molecule has 0 aromatic heterocycles. The zero-order chi connectivity index (χ0) is 34.6. The SMILES string of the molecule is C/C=C\C1=CC(c2c3ccccc3c(-c3ccc(C)c(/C=C\C)c3)c3ccc(C4=CC=CNC4)cc23)=CC=CC1C.C1=CCCC=C1.CC. The molecule has 7 rings (SSSR count). The van der Waals surface area contributed by atoms with Crippen molar-refractivity contribution in [3.63, 3.8) is 0 Å². The average molecular weight is 642 g/mol. The maximum absolute atomic E-state index is 3.39. The van der Waals surface area contributed by atoms with Crippen molar-refractivity contribution >= 4 is 38.8 Å². The number of hydrogen-bond acceptors (Lipinski definition) is 1. The van der Waals surface area contributed by atoms with Gasteiger partial charge in [0.15, 0.2) is 0 Å². The van der Waals surface area contributed by atoms with E-state index >= 15 is 0 Å². The molecular weight excluding hydrogens is 591 g/mol. The van der Waals surface area contributed by atoms with Gasteiger partial charge in [-0.2, -0.15) is 0 Å². The number of aryl methyl sites for hydroxylation is 1. The summed E-state index contributed by atoms with van der Waals surface area (Å²) in [7, 11) is 0. The molecule has 0 radical (unpaired) electrons. The lowest BCUT2D eigenvalue weighted by molar-refractivity contribution is 0.893. The number of fused-ring (bicyclic) bond motifs is 2. The number of benzene rings is 4. The second kappa shape index (κ2) is 17.3. The first-order valence-electron chi connectivity index (χ1n) is 18.0. The molecule has 2 aliphatic carbocycles. The molecule has 1 heteroatoms. The van der Waals surface area contributed by atoms with Crippen LogP contribution in [-0.4, -0.2) is 6.54 Å². The van der Waals surface area contributed by atoms with Crippen LogP contribution in [0, 0.1) is 12.8 Å². The van der Waals surface area contributed by atoms with E-state index in [2.05, 4.69) is 179 Å². The molecule has 0 saturated carbocycles. The highest BCUT2D eigenvalue weighted by atomic mass is 14.8. The summed E-state index contributed by atoms with van der Waals surface area (Å²) in [5, 5.41) is 8.51. The highest BCUT2D eigenvalue weighted by Gasteiger charge is 2.20. The Hall–Kier alpha value is -5.14. The molecule has 0 bridgehead atoms. The van der Waals surface area contributed by atoms with Crippen molar-refractivity contribution in [3.8, 4) is 11.1 Å². The monoisotopic (exact) mass is 641 g/mol. The van der Waals surface area contributed by atoms with Gasteiger partial charge in [0.25, 0.3) is 0 Å². The fourth-order valence-electron chi connectivity index (χ4n) is 6.70. The van der Waals surface area contributed by atoms with Crippen LogP contribution in [0.4, 0.5) is 0 Å². The molecule has 0 amide bonds. The Morgan fingerprint density at radius 3 is 2.04 bits per heavy atom. The maximum Gasteiger partial charge on any atom is 0.0401 e. The molecule has 1 nitrogen and oxygen atoms in total. The van der Waals surface area contributed by atoms with E-state index in [1.165, 1.54) is 84.5 Å². The fourth-order valence-corrected chi connectivity index (χ4v) is 6.70. The van der Waals surface area contributed by atoms with E-state index in [4.69, 9.17) is 0 Å². The minimum atomic E-state index is 0.357. The Labute approximate surface area is 294 Å². The van der Waals surface area contributed by atoms with Gasteiger partial charge in [-0.05, 0) is 136 Å². The van der Waals surface area contributed by atoms with Crippen molar-refractivity contribution in [1.29, 1.82) is 0 Å². The Morgan fingerprint density at radius 1 is 0.694 bits per heavy atom. The lowest BCUT2D eigenvalue weighted by atomic mass is 9.83. The lowest BCUT2D eigenvalue weighted by Crippen LogP contribution is -2.11. The zero-order valence-corrected chi connectivity index (χ0v) is 30.1. The third-order valence-electron chi connectivity index (χ3n) is 9.17. The molecule has 1 aliphatic heterocycles. The Balaban J connectivity index is 0.000000522. The normalized spacial score (nSPS) is 16.8. The van der Waals surface area contributed by atoms with Gasteiger partial charge in [0.05, 0.1) is 0 Å². The molecule has 1 atom stereocenters. The van der Waals surface area contributed by atoms with Gasteiger partial charge in [0, 0.05) is 6.54 Å². The van der Waals surface area contributed by atoms with Crippen LogP contribution < -0.4 is 5.32 Å². The first kappa shape index (κ1) is 35.2. The zero-order valence-electron chi connectivity index (χ0n) is 30.1. The van der Waals surface area contributed by atoms with E-state index < -0.39 is 0 Å². The molecule has 1 unspecified atom stereocenters. The van der Waals surface area contributed by atoms with Gasteiger partial charge in [0.1, 0.15) is 0 Å². The molecule has 49 heavy (non-hydrogen) atoms. The molecule has 1 heterocycles. The minimum Gasteiger partial charge on any atom is -0.387 e. The van der Waals surface area contributed by atoms with Gasteiger partial charge >= 0.3 is 0 Å². The van der Waals surface area contributed by atoms with Crippen LogP contribution in [0.1, 0.15) is 69.7 Å². The average Bonchev–Trinajstić information content (AvgIpc) is 3.34. The highest BCUT2D eigenvalue weighted by molar-refractivity contribution is 6.20. The molecular formula is C48H51N. The Bertz CT molecular complexity index is 2050. The van der Waals surface area contributed by atoms with E-state index in [1.807, 2.05) is 20.0 Å². The highest BCUT2D eigenvalue weighted by Crippen LogP contribution is 2.44. The van der Waals surface area contributed by atoms with Gasteiger partial charge in [-0.15, -0.1) is 0 Å². The van der Waals surface area contributed by atoms with Crippen molar-refractivity contribution in [2.24, 2.45) is 5.92 Å². The van der Waals surface area contributed by atoms with Crippen LogP contribution >= 0.6 is 0 Å². The summed E-state index contributed by atoms with van der Waals surface area (Å²) in [6, 6.07) is 22.9. The van der Waals surface area contributed by atoms with Crippen molar-refractivity contribution < 1.29 is 0 Å². The fraction of sp³-hybridized carbons (Fsp3) is 0.208. The molecule has 4 aromatic carbocycles. The third-order valence-corrected chi connectivity index (χ3v) is 9.17. The Morgan fingerprint density at radius 2 is 1.39 bits per heavy atom. The summed E-state index contributed by atoms with van der Waals surface area (Å²) in [5.74, 6) is 0.357. The summed E-state index contributed by atoms with van der Waals surface area (Å²) in [6.07, 6.45) is 35.3. The smallest absolute Gasteiger partial charge is 0.0401 e. The standard InChI is InChI=1S/C40H37N.C6H8.C2H6/c1-5-11-29-23-32(14-9-13-27(29)3)40-36-17-8-7-16-35(36)39(33-19-18-28(4)30(24-33)12-6-2)37-21-20-31(25-38(37)40)34-15-10-22-41-26-34;1-2-4-6-5-3-1;1-2/h5-25,27,41H,26H2,1-4H3;1-4H,5-6H2;1-2H3/b11-5-,12-6-;;. The first-order chi connectivity index (χ1) is 24.1. The quantitative estimate of drug-likeness (QED) is 0.214. The van der Waals surface area contributed by atoms with Crippen LogP contribution in [-0.2, 0) is 0 Å². The third kappa shape index (κ3) is 8.12.